The van der Waals surface area contributed by atoms with Crippen LogP contribution in [0.5, 0.6) is 0 Å². The average molecular weight is 376 g/mol. The fourth-order valence-electron chi connectivity index (χ4n) is 3.25. The Hall–Kier alpha value is -2.92. The Morgan fingerprint density at radius 3 is 2.44 bits per heavy atom. The Morgan fingerprint density at radius 2 is 1.70 bits per heavy atom. The zero-order valence-electron chi connectivity index (χ0n) is 14.9. The van der Waals surface area contributed by atoms with E-state index in [2.05, 4.69) is 5.32 Å². The molecule has 1 aliphatic heterocycles. The number of hydrogen-bond acceptors (Lipinski definition) is 3. The molecule has 0 aliphatic carbocycles. The van der Waals surface area contributed by atoms with E-state index < -0.39 is 0 Å². The molecule has 0 saturated carbocycles. The number of carbonyl (C=O) groups excluding carboxylic acids is 2. The summed E-state index contributed by atoms with van der Waals surface area (Å²) in [6, 6.07) is 21.1. The molecule has 2 aromatic carbocycles. The summed E-state index contributed by atoms with van der Waals surface area (Å²) in [5, 5.41) is 2.98. The number of nitrogens with zero attached hydrogens (tertiary/aromatic N) is 1. The van der Waals surface area contributed by atoms with Crippen molar-refractivity contribution in [2.24, 2.45) is 0 Å². The maximum absolute atomic E-state index is 12.7. The van der Waals surface area contributed by atoms with Gasteiger partial charge in [-0.2, -0.15) is 0 Å². The molecule has 3 aromatic rings. The van der Waals surface area contributed by atoms with E-state index in [1.165, 1.54) is 16.2 Å². The molecule has 1 aliphatic rings. The summed E-state index contributed by atoms with van der Waals surface area (Å²) in [4.78, 5) is 28.9. The molecule has 1 aromatic heterocycles. The van der Waals surface area contributed by atoms with Gasteiger partial charge in [0.2, 0.25) is 0 Å². The maximum Gasteiger partial charge on any atom is 0.261 e. The van der Waals surface area contributed by atoms with Crippen LogP contribution in [0.3, 0.4) is 0 Å². The predicted octanol–water partition coefficient (Wildman–Crippen LogP) is 3.88. The van der Waals surface area contributed by atoms with Crippen molar-refractivity contribution in [3.63, 3.8) is 0 Å². The van der Waals surface area contributed by atoms with Gasteiger partial charge in [-0.25, -0.2) is 0 Å². The van der Waals surface area contributed by atoms with Crippen molar-refractivity contribution in [1.82, 2.24) is 10.2 Å². The fraction of sp³-hybridized carbons (Fsp3) is 0.182. The van der Waals surface area contributed by atoms with Gasteiger partial charge in [0.15, 0.2) is 0 Å². The highest BCUT2D eigenvalue weighted by Gasteiger charge is 2.25. The van der Waals surface area contributed by atoms with Crippen LogP contribution in [0, 0.1) is 0 Å². The van der Waals surface area contributed by atoms with E-state index >= 15 is 0 Å². The second-order valence-corrected chi connectivity index (χ2v) is 7.71. The number of carbonyl (C=O) groups is 2. The third-order valence-corrected chi connectivity index (χ3v) is 5.93. The minimum atomic E-state index is -0.0563. The van der Waals surface area contributed by atoms with Crippen LogP contribution >= 0.6 is 11.3 Å². The predicted molar refractivity (Wildman–Crippen MR) is 107 cm³/mol. The Morgan fingerprint density at radius 1 is 1.00 bits per heavy atom. The molecule has 136 valence electrons. The molecular formula is C22H20N2O2S. The second kappa shape index (κ2) is 7.76. The SMILES string of the molecule is O=C(NCc1ccccc1)c1cc2c(s1)CCN(C(=O)c1ccccc1)C2. The van der Waals surface area contributed by atoms with Gasteiger partial charge in [-0.3, -0.25) is 9.59 Å². The minimum absolute atomic E-state index is 0.0440. The first kappa shape index (κ1) is 17.5. The van der Waals surface area contributed by atoms with Gasteiger partial charge in [0.25, 0.3) is 11.8 Å². The lowest BCUT2D eigenvalue weighted by molar-refractivity contribution is 0.0736. The number of benzene rings is 2. The first-order chi connectivity index (χ1) is 13.2. The molecule has 4 nitrogen and oxygen atoms in total. The molecule has 0 atom stereocenters. The van der Waals surface area contributed by atoms with Gasteiger partial charge in [0.1, 0.15) is 0 Å². The average Bonchev–Trinajstić information content (AvgIpc) is 3.16. The first-order valence-electron chi connectivity index (χ1n) is 8.99. The van der Waals surface area contributed by atoms with Crippen LogP contribution in [-0.2, 0) is 19.5 Å². The molecule has 2 amide bonds. The van der Waals surface area contributed by atoms with E-state index in [9.17, 15) is 9.59 Å². The quantitative estimate of drug-likeness (QED) is 0.751. The standard InChI is InChI=1S/C22H20N2O2S/c25-21(23-14-16-7-3-1-4-8-16)20-13-18-15-24(12-11-19(18)27-20)22(26)17-9-5-2-6-10-17/h1-10,13H,11-12,14-15H2,(H,23,25). The summed E-state index contributed by atoms with van der Waals surface area (Å²) >= 11 is 1.54. The minimum Gasteiger partial charge on any atom is -0.347 e. The third kappa shape index (κ3) is 3.93. The fourth-order valence-corrected chi connectivity index (χ4v) is 4.33. The Kier molecular flexibility index (Phi) is 5.03. The smallest absolute Gasteiger partial charge is 0.261 e. The van der Waals surface area contributed by atoms with Crippen molar-refractivity contribution in [2.75, 3.05) is 6.54 Å². The lowest BCUT2D eigenvalue weighted by Gasteiger charge is -2.27. The number of rotatable bonds is 4. The lowest BCUT2D eigenvalue weighted by atomic mass is 10.1. The molecule has 2 heterocycles. The van der Waals surface area contributed by atoms with E-state index in [-0.39, 0.29) is 11.8 Å². The van der Waals surface area contributed by atoms with Crippen LogP contribution in [-0.4, -0.2) is 23.3 Å². The van der Waals surface area contributed by atoms with Gasteiger partial charge in [0.05, 0.1) is 4.88 Å². The van der Waals surface area contributed by atoms with Crippen molar-refractivity contribution in [2.45, 2.75) is 19.5 Å². The van der Waals surface area contributed by atoms with E-state index in [0.29, 0.717) is 30.1 Å². The molecule has 0 spiro atoms. The van der Waals surface area contributed by atoms with Crippen molar-refractivity contribution < 1.29 is 9.59 Å². The van der Waals surface area contributed by atoms with E-state index in [1.54, 1.807) is 0 Å². The van der Waals surface area contributed by atoms with Crippen LogP contribution in [0.1, 0.15) is 36.0 Å². The lowest BCUT2D eigenvalue weighted by Crippen LogP contribution is -2.35. The Bertz CT molecular complexity index is 951. The highest BCUT2D eigenvalue weighted by atomic mass is 32.1. The molecule has 1 N–H and O–H groups in total. The van der Waals surface area contributed by atoms with Gasteiger partial charge in [-0.05, 0) is 35.7 Å². The number of fused-ring (bicyclic) bond motifs is 1. The van der Waals surface area contributed by atoms with Crippen LogP contribution in [0.4, 0.5) is 0 Å². The van der Waals surface area contributed by atoms with Crippen LogP contribution in [0.15, 0.2) is 66.7 Å². The maximum atomic E-state index is 12.7. The highest BCUT2D eigenvalue weighted by molar-refractivity contribution is 7.14. The summed E-state index contributed by atoms with van der Waals surface area (Å²) in [6.45, 7) is 1.76. The van der Waals surface area contributed by atoms with E-state index in [4.69, 9.17) is 0 Å². The first-order valence-corrected chi connectivity index (χ1v) is 9.80. The summed E-state index contributed by atoms with van der Waals surface area (Å²) in [6.07, 6.45) is 0.796. The van der Waals surface area contributed by atoms with Gasteiger partial charge >= 0.3 is 0 Å². The topological polar surface area (TPSA) is 49.4 Å². The van der Waals surface area contributed by atoms with Crippen molar-refractivity contribution >= 4 is 23.2 Å². The van der Waals surface area contributed by atoms with E-state index in [0.717, 1.165) is 17.5 Å². The summed E-state index contributed by atoms with van der Waals surface area (Å²) in [5.74, 6) is -0.0123. The molecule has 5 heteroatoms. The molecule has 0 unspecified atom stereocenters. The van der Waals surface area contributed by atoms with Gasteiger partial charge in [-0.1, -0.05) is 48.5 Å². The van der Waals surface area contributed by atoms with Crippen LogP contribution in [0.25, 0.3) is 0 Å². The molecule has 0 radical (unpaired) electrons. The van der Waals surface area contributed by atoms with Crippen molar-refractivity contribution in [1.29, 1.82) is 0 Å². The summed E-state index contributed by atoms with van der Waals surface area (Å²) in [7, 11) is 0. The number of thiophene rings is 1. The molecule has 27 heavy (non-hydrogen) atoms. The molecule has 4 rings (SSSR count). The zero-order chi connectivity index (χ0) is 18.6. The van der Waals surface area contributed by atoms with Crippen LogP contribution in [0.2, 0.25) is 0 Å². The van der Waals surface area contributed by atoms with Crippen molar-refractivity contribution in [3.8, 4) is 0 Å². The number of nitrogens with one attached hydrogen (secondary N) is 1. The van der Waals surface area contributed by atoms with Crippen LogP contribution < -0.4 is 5.32 Å². The van der Waals surface area contributed by atoms with Crippen molar-refractivity contribution in [3.05, 3.63) is 93.2 Å². The van der Waals surface area contributed by atoms with Gasteiger partial charge < -0.3 is 10.2 Å². The summed E-state index contributed by atoms with van der Waals surface area (Å²) in [5.41, 5.74) is 2.87. The number of hydrogen-bond donors (Lipinski definition) is 1. The molecule has 0 fully saturated rings. The highest BCUT2D eigenvalue weighted by Crippen LogP contribution is 2.29. The largest absolute Gasteiger partial charge is 0.347 e. The van der Waals surface area contributed by atoms with Gasteiger partial charge in [-0.15, -0.1) is 11.3 Å². The number of amides is 2. The van der Waals surface area contributed by atoms with Gasteiger partial charge in [0, 0.05) is 30.1 Å². The normalized spacial score (nSPS) is 13.1. The second-order valence-electron chi connectivity index (χ2n) is 6.57. The Labute approximate surface area is 162 Å². The molecule has 0 saturated heterocycles. The Balaban J connectivity index is 1.42. The molecule has 0 bridgehead atoms. The van der Waals surface area contributed by atoms with E-state index in [1.807, 2.05) is 71.6 Å². The molecular weight excluding hydrogens is 356 g/mol. The zero-order valence-corrected chi connectivity index (χ0v) is 15.7. The third-order valence-electron chi connectivity index (χ3n) is 4.69. The monoisotopic (exact) mass is 376 g/mol. The summed E-state index contributed by atoms with van der Waals surface area (Å²) < 4.78 is 0.